The molecule has 0 spiro atoms. The third-order valence-corrected chi connectivity index (χ3v) is 6.23. The molecule has 2 nitrogen and oxygen atoms in total. The molecule has 3 heterocycles. The van der Waals surface area contributed by atoms with Crippen LogP contribution >= 0.6 is 34.3 Å². The van der Waals surface area contributed by atoms with Crippen LogP contribution in [0.25, 0.3) is 9.40 Å². The zero-order valence-electron chi connectivity index (χ0n) is 11.3. The lowest BCUT2D eigenvalue weighted by Crippen LogP contribution is -2.12. The minimum Gasteiger partial charge on any atom is -0.493 e. The Labute approximate surface area is 136 Å². The summed E-state index contributed by atoms with van der Waals surface area (Å²) >= 11 is 9.76. The summed E-state index contributed by atoms with van der Waals surface area (Å²) in [7, 11) is 0. The van der Waals surface area contributed by atoms with Crippen molar-refractivity contribution < 1.29 is 4.74 Å². The summed E-state index contributed by atoms with van der Waals surface area (Å²) in [5, 5.41) is 2.89. The predicted octanol–water partition coefficient (Wildman–Crippen LogP) is 4.79. The molecule has 1 aliphatic heterocycles. The van der Waals surface area contributed by atoms with Crippen LogP contribution in [-0.4, -0.2) is 6.61 Å². The average Bonchev–Trinajstić information content (AvgIpc) is 3.12. The quantitative estimate of drug-likeness (QED) is 0.746. The topological polar surface area (TPSA) is 35.2 Å². The van der Waals surface area contributed by atoms with Crippen molar-refractivity contribution >= 4 is 43.7 Å². The van der Waals surface area contributed by atoms with Crippen LogP contribution in [0.5, 0.6) is 5.75 Å². The highest BCUT2D eigenvalue weighted by atomic mass is 35.5. The van der Waals surface area contributed by atoms with E-state index in [1.165, 1.54) is 19.8 Å². The van der Waals surface area contributed by atoms with Gasteiger partial charge < -0.3 is 10.5 Å². The maximum Gasteiger partial charge on any atom is 0.125 e. The highest BCUT2D eigenvalue weighted by Gasteiger charge is 2.20. The first-order valence-electron chi connectivity index (χ1n) is 6.87. The molecule has 1 unspecified atom stereocenters. The second kappa shape index (κ2) is 5.29. The van der Waals surface area contributed by atoms with Crippen molar-refractivity contribution in [1.82, 2.24) is 0 Å². The SMILES string of the molecule is NC(Cc1cc(Cl)cc2c1OCC2)c1cc2sccc2s1. The predicted molar refractivity (Wildman–Crippen MR) is 91.0 cm³/mol. The maximum atomic E-state index is 6.41. The molecule has 0 saturated carbocycles. The van der Waals surface area contributed by atoms with Gasteiger partial charge in [-0.15, -0.1) is 22.7 Å². The molecule has 0 aliphatic carbocycles. The maximum absolute atomic E-state index is 6.41. The summed E-state index contributed by atoms with van der Waals surface area (Å²) in [4.78, 5) is 1.23. The lowest BCUT2D eigenvalue weighted by atomic mass is 10.0. The van der Waals surface area contributed by atoms with Crippen molar-refractivity contribution in [3.63, 3.8) is 0 Å². The molecule has 4 rings (SSSR count). The largest absolute Gasteiger partial charge is 0.493 e. The van der Waals surface area contributed by atoms with Crippen LogP contribution in [0.2, 0.25) is 5.02 Å². The number of thiophene rings is 2. The van der Waals surface area contributed by atoms with E-state index < -0.39 is 0 Å². The third-order valence-electron chi connectivity index (χ3n) is 3.79. The number of fused-ring (bicyclic) bond motifs is 2. The zero-order valence-corrected chi connectivity index (χ0v) is 13.7. The van der Waals surface area contributed by atoms with Crippen molar-refractivity contribution in [2.24, 2.45) is 5.73 Å². The Morgan fingerprint density at radius 3 is 3.05 bits per heavy atom. The fraction of sp³-hybridized carbons (Fsp3) is 0.250. The van der Waals surface area contributed by atoms with Crippen molar-refractivity contribution in [3.8, 4) is 5.75 Å². The lowest BCUT2D eigenvalue weighted by Gasteiger charge is -2.13. The third kappa shape index (κ3) is 2.46. The van der Waals surface area contributed by atoms with Gasteiger partial charge in [0.25, 0.3) is 0 Å². The fourth-order valence-electron chi connectivity index (χ4n) is 2.80. The Morgan fingerprint density at radius 1 is 1.29 bits per heavy atom. The van der Waals surface area contributed by atoms with E-state index in [1.807, 2.05) is 12.1 Å². The highest BCUT2D eigenvalue weighted by Crippen LogP contribution is 2.37. The first kappa shape index (κ1) is 13.6. The van der Waals surface area contributed by atoms with Gasteiger partial charge in [-0.25, -0.2) is 0 Å². The molecule has 108 valence electrons. The van der Waals surface area contributed by atoms with Crippen molar-refractivity contribution in [3.05, 3.63) is 50.7 Å². The van der Waals surface area contributed by atoms with Crippen molar-refractivity contribution in [2.75, 3.05) is 6.61 Å². The number of hydrogen-bond donors (Lipinski definition) is 1. The summed E-state index contributed by atoms with van der Waals surface area (Å²) in [6.45, 7) is 0.743. The van der Waals surface area contributed by atoms with Gasteiger partial charge in [0.15, 0.2) is 0 Å². The first-order valence-corrected chi connectivity index (χ1v) is 8.95. The van der Waals surface area contributed by atoms with E-state index in [0.29, 0.717) is 0 Å². The highest BCUT2D eigenvalue weighted by molar-refractivity contribution is 7.26. The van der Waals surface area contributed by atoms with Crippen LogP contribution < -0.4 is 10.5 Å². The van der Waals surface area contributed by atoms with Crippen LogP contribution in [0.3, 0.4) is 0 Å². The number of halogens is 1. The molecular formula is C16H14ClNOS2. The second-order valence-electron chi connectivity index (χ2n) is 5.26. The minimum absolute atomic E-state index is 0.0126. The van der Waals surface area contributed by atoms with E-state index in [0.717, 1.165) is 35.8 Å². The zero-order chi connectivity index (χ0) is 14.4. The van der Waals surface area contributed by atoms with E-state index >= 15 is 0 Å². The van der Waals surface area contributed by atoms with Gasteiger partial charge in [0.1, 0.15) is 5.75 Å². The molecule has 0 amide bonds. The summed E-state index contributed by atoms with van der Waals surface area (Å²) < 4.78 is 8.39. The Hall–Kier alpha value is -1.07. The van der Waals surface area contributed by atoms with Crippen LogP contribution in [0.1, 0.15) is 22.0 Å². The number of benzene rings is 1. The monoisotopic (exact) mass is 335 g/mol. The molecule has 21 heavy (non-hydrogen) atoms. The molecular weight excluding hydrogens is 322 g/mol. The van der Waals surface area contributed by atoms with Crippen molar-refractivity contribution in [2.45, 2.75) is 18.9 Å². The molecule has 1 atom stereocenters. The van der Waals surface area contributed by atoms with E-state index in [9.17, 15) is 0 Å². The van der Waals surface area contributed by atoms with Crippen LogP contribution in [0.4, 0.5) is 0 Å². The molecule has 3 aromatic rings. The van der Waals surface area contributed by atoms with Crippen molar-refractivity contribution in [1.29, 1.82) is 0 Å². The van der Waals surface area contributed by atoms with Gasteiger partial charge in [-0.3, -0.25) is 0 Å². The lowest BCUT2D eigenvalue weighted by molar-refractivity contribution is 0.352. The molecule has 0 saturated heterocycles. The minimum atomic E-state index is -0.0126. The van der Waals surface area contributed by atoms with Gasteiger partial charge in [-0.1, -0.05) is 11.6 Å². The van der Waals surface area contributed by atoms with Gasteiger partial charge in [0.05, 0.1) is 6.61 Å². The summed E-state index contributed by atoms with van der Waals surface area (Å²) in [6.07, 6.45) is 1.70. The Bertz CT molecular complexity index is 779. The van der Waals surface area contributed by atoms with Crippen LogP contribution in [0, 0.1) is 0 Å². The molecule has 5 heteroatoms. The Balaban J connectivity index is 1.65. The van der Waals surface area contributed by atoms with Crippen LogP contribution in [0.15, 0.2) is 29.6 Å². The van der Waals surface area contributed by atoms with Crippen LogP contribution in [-0.2, 0) is 12.8 Å². The molecule has 0 radical (unpaired) electrons. The fourth-order valence-corrected chi connectivity index (χ4v) is 5.19. The van der Waals surface area contributed by atoms with E-state index in [2.05, 4.69) is 17.5 Å². The molecule has 1 aliphatic rings. The summed E-state index contributed by atoms with van der Waals surface area (Å²) in [6, 6.07) is 8.34. The Morgan fingerprint density at radius 2 is 2.19 bits per heavy atom. The summed E-state index contributed by atoms with van der Waals surface area (Å²) in [5.41, 5.74) is 8.74. The van der Waals surface area contributed by atoms with Gasteiger partial charge in [0.2, 0.25) is 0 Å². The van der Waals surface area contributed by atoms with Gasteiger partial charge >= 0.3 is 0 Å². The number of ether oxygens (including phenoxy) is 1. The average molecular weight is 336 g/mol. The second-order valence-corrected chi connectivity index (χ2v) is 7.76. The molecule has 2 N–H and O–H groups in total. The van der Waals surface area contributed by atoms with Gasteiger partial charge in [-0.2, -0.15) is 0 Å². The summed E-state index contributed by atoms with van der Waals surface area (Å²) in [5.74, 6) is 0.994. The smallest absolute Gasteiger partial charge is 0.125 e. The first-order chi connectivity index (χ1) is 10.2. The molecule has 1 aromatic carbocycles. The normalized spacial score (nSPS) is 15.1. The number of hydrogen-bond acceptors (Lipinski definition) is 4. The standard InChI is InChI=1S/C16H14ClNOS2/c17-11-5-9-1-3-19-16(9)10(6-11)7-12(18)14-8-15-13(21-14)2-4-20-15/h2,4-6,8,12H,1,3,7,18H2. The number of nitrogens with two attached hydrogens (primary N) is 1. The van der Waals surface area contributed by atoms with E-state index in [-0.39, 0.29) is 6.04 Å². The molecule has 0 bridgehead atoms. The van der Waals surface area contributed by atoms with Gasteiger partial charge in [0, 0.05) is 31.8 Å². The number of rotatable bonds is 3. The molecule has 2 aromatic heterocycles. The van der Waals surface area contributed by atoms with E-state index in [1.54, 1.807) is 22.7 Å². The molecule has 0 fully saturated rings. The van der Waals surface area contributed by atoms with E-state index in [4.69, 9.17) is 22.1 Å². The Kier molecular flexibility index (Phi) is 3.42. The van der Waals surface area contributed by atoms with Gasteiger partial charge in [-0.05, 0) is 47.2 Å².